The molecule has 29 heavy (non-hydrogen) atoms. The minimum atomic E-state index is -0.275. The molecule has 0 aliphatic heterocycles. The van der Waals surface area contributed by atoms with Gasteiger partial charge >= 0.3 is 0 Å². The van der Waals surface area contributed by atoms with Gasteiger partial charge in [-0.25, -0.2) is 14.1 Å². The smallest absolute Gasteiger partial charge is 0.241 e. The maximum Gasteiger partial charge on any atom is 0.241 e. The number of hydrogen-bond acceptors (Lipinski definition) is 3. The van der Waals surface area contributed by atoms with Gasteiger partial charge in [-0.05, 0) is 43.2 Å². The van der Waals surface area contributed by atoms with Gasteiger partial charge in [0, 0.05) is 26.3 Å². The number of aliphatic imine (C=N–C) groups is 1. The molecule has 2 aromatic rings. The lowest BCUT2D eigenvalue weighted by atomic mass is 9.96. The van der Waals surface area contributed by atoms with Crippen molar-refractivity contribution in [2.24, 2.45) is 4.99 Å². The number of rotatable bonds is 6. The Labute approximate surface area is 171 Å². The number of halogens is 1. The Kier molecular flexibility index (Phi) is 7.21. The summed E-state index contributed by atoms with van der Waals surface area (Å²) in [7, 11) is 3.47. The van der Waals surface area contributed by atoms with Gasteiger partial charge in [-0.2, -0.15) is 5.10 Å². The summed E-state index contributed by atoms with van der Waals surface area (Å²) in [6.07, 6.45) is 7.75. The Morgan fingerprint density at radius 2 is 1.93 bits per heavy atom. The highest BCUT2D eigenvalue weighted by molar-refractivity contribution is 5.86. The molecule has 1 aromatic heterocycles. The first-order valence-corrected chi connectivity index (χ1v) is 10.1. The maximum atomic E-state index is 13.1. The predicted molar refractivity (Wildman–Crippen MR) is 111 cm³/mol. The summed E-state index contributed by atoms with van der Waals surface area (Å²) < 4.78 is 14.8. The molecule has 1 fully saturated rings. The average molecular weight is 401 g/mol. The van der Waals surface area contributed by atoms with Gasteiger partial charge in [0.1, 0.15) is 5.82 Å². The van der Waals surface area contributed by atoms with Crippen molar-refractivity contribution in [3.8, 4) is 5.69 Å². The second-order valence-electron chi connectivity index (χ2n) is 7.51. The van der Waals surface area contributed by atoms with Crippen molar-refractivity contribution in [3.63, 3.8) is 0 Å². The van der Waals surface area contributed by atoms with E-state index in [2.05, 4.69) is 20.7 Å². The second-order valence-corrected chi connectivity index (χ2v) is 7.51. The Bertz CT molecular complexity index is 824. The molecule has 7 nitrogen and oxygen atoms in total. The molecule has 0 bridgehead atoms. The highest BCUT2D eigenvalue weighted by Gasteiger charge is 2.15. The van der Waals surface area contributed by atoms with Crippen LogP contribution in [0, 0.1) is 5.82 Å². The summed E-state index contributed by atoms with van der Waals surface area (Å²) in [5.41, 5.74) is 1.58. The molecule has 1 amide bonds. The SMILES string of the molecule is CN(C)C(=O)CNC(=NCc1ccn(-c2ccc(F)cc2)n1)NC1CCCCC1. The molecule has 3 rings (SSSR count). The van der Waals surface area contributed by atoms with Crippen molar-refractivity contribution in [1.82, 2.24) is 25.3 Å². The second kappa shape index (κ2) is 10.0. The number of carbonyl (C=O) groups is 1. The summed E-state index contributed by atoms with van der Waals surface area (Å²) in [6, 6.07) is 8.44. The van der Waals surface area contributed by atoms with E-state index in [1.165, 1.54) is 31.4 Å². The number of benzene rings is 1. The molecule has 156 valence electrons. The van der Waals surface area contributed by atoms with Crippen LogP contribution in [0.1, 0.15) is 37.8 Å². The first-order chi connectivity index (χ1) is 14.0. The highest BCUT2D eigenvalue weighted by Crippen LogP contribution is 2.17. The summed E-state index contributed by atoms with van der Waals surface area (Å²) in [5.74, 6) is 0.342. The van der Waals surface area contributed by atoms with E-state index in [0.717, 1.165) is 24.2 Å². The molecule has 0 atom stereocenters. The molecule has 0 unspecified atom stereocenters. The minimum Gasteiger partial charge on any atom is -0.354 e. The zero-order valence-electron chi connectivity index (χ0n) is 17.1. The molecule has 1 heterocycles. The molecule has 0 saturated heterocycles. The predicted octanol–water partition coefficient (Wildman–Crippen LogP) is 2.47. The van der Waals surface area contributed by atoms with Crippen LogP contribution in [0.4, 0.5) is 4.39 Å². The van der Waals surface area contributed by atoms with Crippen LogP contribution in [0.25, 0.3) is 5.69 Å². The van der Waals surface area contributed by atoms with Gasteiger partial charge in [-0.1, -0.05) is 19.3 Å². The lowest BCUT2D eigenvalue weighted by molar-refractivity contribution is -0.127. The van der Waals surface area contributed by atoms with Gasteiger partial charge in [0.2, 0.25) is 5.91 Å². The Morgan fingerprint density at radius 3 is 2.62 bits per heavy atom. The largest absolute Gasteiger partial charge is 0.354 e. The van der Waals surface area contributed by atoms with Crippen molar-refractivity contribution in [1.29, 1.82) is 0 Å². The highest BCUT2D eigenvalue weighted by atomic mass is 19.1. The van der Waals surface area contributed by atoms with Gasteiger partial charge < -0.3 is 15.5 Å². The molecule has 1 aromatic carbocycles. The number of aromatic nitrogens is 2. The molecular weight excluding hydrogens is 371 g/mol. The van der Waals surface area contributed by atoms with Crippen LogP contribution < -0.4 is 10.6 Å². The number of guanidine groups is 1. The van der Waals surface area contributed by atoms with Crippen molar-refractivity contribution >= 4 is 11.9 Å². The number of nitrogens with one attached hydrogen (secondary N) is 2. The fourth-order valence-electron chi connectivity index (χ4n) is 3.25. The molecule has 1 aliphatic rings. The number of nitrogens with zero attached hydrogens (tertiary/aromatic N) is 4. The third-order valence-electron chi connectivity index (χ3n) is 4.99. The summed E-state index contributed by atoms with van der Waals surface area (Å²) in [6.45, 7) is 0.571. The van der Waals surface area contributed by atoms with Gasteiger partial charge in [0.15, 0.2) is 5.96 Å². The van der Waals surface area contributed by atoms with Crippen molar-refractivity contribution in [2.75, 3.05) is 20.6 Å². The van der Waals surface area contributed by atoms with Gasteiger partial charge in [-0.3, -0.25) is 4.79 Å². The lowest BCUT2D eigenvalue weighted by Crippen LogP contribution is -2.47. The summed E-state index contributed by atoms with van der Waals surface area (Å²) >= 11 is 0. The van der Waals surface area contributed by atoms with Crippen LogP contribution in [0.3, 0.4) is 0 Å². The summed E-state index contributed by atoms with van der Waals surface area (Å²) in [4.78, 5) is 18.1. The van der Waals surface area contributed by atoms with Gasteiger partial charge in [-0.15, -0.1) is 0 Å². The number of hydrogen-bond donors (Lipinski definition) is 2. The Balaban J connectivity index is 1.65. The topological polar surface area (TPSA) is 74.5 Å². The number of carbonyl (C=O) groups excluding carboxylic acids is 1. The van der Waals surface area contributed by atoms with E-state index in [9.17, 15) is 9.18 Å². The first kappa shape index (κ1) is 20.8. The maximum absolute atomic E-state index is 13.1. The van der Waals surface area contributed by atoms with Crippen LogP contribution in [0.2, 0.25) is 0 Å². The Hall–Kier alpha value is -2.90. The standard InChI is InChI=1S/C21H29FN6O/c1-27(2)20(29)15-24-21(25-17-6-4-3-5-7-17)23-14-18-12-13-28(26-18)19-10-8-16(22)9-11-19/h8-13,17H,3-7,14-15H2,1-2H3,(H2,23,24,25). The minimum absolute atomic E-state index is 0.0104. The third kappa shape index (κ3) is 6.30. The van der Waals surface area contributed by atoms with Gasteiger partial charge in [0.05, 0.1) is 24.5 Å². The average Bonchev–Trinajstić information content (AvgIpc) is 3.20. The molecule has 0 spiro atoms. The van der Waals surface area contributed by atoms with E-state index >= 15 is 0 Å². The zero-order chi connectivity index (χ0) is 20.6. The first-order valence-electron chi connectivity index (χ1n) is 10.1. The molecule has 0 radical (unpaired) electrons. The van der Waals surface area contributed by atoms with E-state index in [4.69, 9.17) is 0 Å². The number of likely N-dealkylation sites (N-methyl/N-ethyl adjacent to an activating group) is 1. The van der Waals surface area contributed by atoms with Crippen molar-refractivity contribution in [3.05, 3.63) is 48.0 Å². The zero-order valence-corrected chi connectivity index (χ0v) is 17.1. The van der Waals surface area contributed by atoms with Crippen LogP contribution in [0.15, 0.2) is 41.5 Å². The fourth-order valence-corrected chi connectivity index (χ4v) is 3.25. The van der Waals surface area contributed by atoms with Crippen molar-refractivity contribution in [2.45, 2.75) is 44.7 Å². The molecular formula is C21H29FN6O. The Morgan fingerprint density at radius 1 is 1.21 bits per heavy atom. The van der Waals surface area contributed by atoms with Gasteiger partial charge in [0.25, 0.3) is 0 Å². The number of amides is 1. The third-order valence-corrected chi connectivity index (χ3v) is 4.99. The van der Waals surface area contributed by atoms with Crippen LogP contribution >= 0.6 is 0 Å². The van der Waals surface area contributed by atoms with E-state index in [-0.39, 0.29) is 18.3 Å². The van der Waals surface area contributed by atoms with E-state index < -0.39 is 0 Å². The molecule has 8 heteroatoms. The van der Waals surface area contributed by atoms with E-state index in [0.29, 0.717) is 18.5 Å². The molecule has 2 N–H and O–H groups in total. The van der Waals surface area contributed by atoms with Crippen molar-refractivity contribution < 1.29 is 9.18 Å². The molecule has 1 saturated carbocycles. The lowest BCUT2D eigenvalue weighted by Gasteiger charge is -2.25. The van der Waals surface area contributed by atoms with Crippen LogP contribution in [-0.2, 0) is 11.3 Å². The van der Waals surface area contributed by atoms with E-state index in [1.54, 1.807) is 35.8 Å². The summed E-state index contributed by atoms with van der Waals surface area (Å²) in [5, 5.41) is 11.1. The van der Waals surface area contributed by atoms with Crippen LogP contribution in [0.5, 0.6) is 0 Å². The van der Waals surface area contributed by atoms with Crippen LogP contribution in [-0.4, -0.2) is 53.2 Å². The fraction of sp³-hybridized carbons (Fsp3) is 0.476. The monoisotopic (exact) mass is 400 g/mol. The quantitative estimate of drug-likeness (QED) is 0.577. The normalized spacial score (nSPS) is 15.2. The van der Waals surface area contributed by atoms with E-state index in [1.807, 2.05) is 12.3 Å². The molecule has 1 aliphatic carbocycles.